The first-order valence-corrected chi connectivity index (χ1v) is 7.69. The van der Waals surface area contributed by atoms with Crippen molar-refractivity contribution in [1.29, 1.82) is 0 Å². The van der Waals surface area contributed by atoms with E-state index in [0.717, 1.165) is 19.4 Å². The molecule has 1 unspecified atom stereocenters. The Hall–Kier alpha value is -0.0900. The Bertz CT molecular complexity index is 264. The zero-order chi connectivity index (χ0) is 11.3. The minimum Gasteiger partial charge on any atom is -0.314 e. The van der Waals surface area contributed by atoms with Crippen LogP contribution in [-0.4, -0.2) is 32.0 Å². The van der Waals surface area contributed by atoms with Crippen molar-refractivity contribution in [3.63, 3.8) is 0 Å². The monoisotopic (exact) mass is 233 g/mol. The van der Waals surface area contributed by atoms with Crippen LogP contribution >= 0.6 is 0 Å². The van der Waals surface area contributed by atoms with Gasteiger partial charge in [-0.1, -0.05) is 12.8 Å². The van der Waals surface area contributed by atoms with E-state index in [9.17, 15) is 8.42 Å². The van der Waals surface area contributed by atoms with Gasteiger partial charge in [-0.2, -0.15) is 0 Å². The van der Waals surface area contributed by atoms with Crippen molar-refractivity contribution in [1.82, 2.24) is 5.32 Å². The number of hydrogen-bond acceptors (Lipinski definition) is 3. The molecule has 0 amide bonds. The van der Waals surface area contributed by atoms with Crippen LogP contribution in [0.25, 0.3) is 0 Å². The van der Waals surface area contributed by atoms with Gasteiger partial charge in [0, 0.05) is 6.04 Å². The van der Waals surface area contributed by atoms with Crippen LogP contribution in [0, 0.1) is 0 Å². The van der Waals surface area contributed by atoms with Crippen molar-refractivity contribution in [3.05, 3.63) is 0 Å². The molecule has 0 spiro atoms. The predicted molar refractivity (Wildman–Crippen MR) is 63.8 cm³/mol. The van der Waals surface area contributed by atoms with E-state index in [1.165, 1.54) is 19.3 Å². The molecule has 0 aromatic rings. The highest BCUT2D eigenvalue weighted by Crippen LogP contribution is 2.13. The minimum absolute atomic E-state index is 0.233. The smallest absolute Gasteiger partial charge is 0.152 e. The van der Waals surface area contributed by atoms with Gasteiger partial charge in [-0.25, -0.2) is 8.42 Å². The van der Waals surface area contributed by atoms with Gasteiger partial charge in [0.15, 0.2) is 9.84 Å². The second kappa shape index (κ2) is 5.85. The highest BCUT2D eigenvalue weighted by Gasteiger charge is 2.19. The van der Waals surface area contributed by atoms with E-state index >= 15 is 0 Å². The molecule has 90 valence electrons. The van der Waals surface area contributed by atoms with Crippen molar-refractivity contribution in [2.24, 2.45) is 0 Å². The van der Waals surface area contributed by atoms with E-state index in [4.69, 9.17) is 0 Å². The third kappa shape index (κ3) is 4.51. The predicted octanol–water partition coefficient (Wildman–Crippen LogP) is 1.73. The first kappa shape index (κ1) is 13.0. The molecule has 0 aromatic carbocycles. The molecule has 0 saturated carbocycles. The molecule has 1 saturated heterocycles. The molecule has 1 aliphatic heterocycles. The van der Waals surface area contributed by atoms with E-state index in [2.05, 4.69) is 5.32 Å². The maximum Gasteiger partial charge on any atom is 0.152 e. The van der Waals surface area contributed by atoms with Gasteiger partial charge in [0.25, 0.3) is 0 Å². The summed E-state index contributed by atoms with van der Waals surface area (Å²) in [5, 5.41) is 3.20. The summed E-state index contributed by atoms with van der Waals surface area (Å²) in [4.78, 5) is 0. The van der Waals surface area contributed by atoms with E-state index in [1.807, 2.05) is 0 Å². The summed E-state index contributed by atoms with van der Waals surface area (Å²) in [6.07, 6.45) is 5.65. The van der Waals surface area contributed by atoms with Gasteiger partial charge in [-0.15, -0.1) is 0 Å². The first-order valence-electron chi connectivity index (χ1n) is 5.97. The summed E-state index contributed by atoms with van der Waals surface area (Å²) < 4.78 is 23.3. The van der Waals surface area contributed by atoms with Crippen molar-refractivity contribution in [3.8, 4) is 0 Å². The van der Waals surface area contributed by atoms with Crippen molar-refractivity contribution < 1.29 is 8.42 Å². The molecule has 1 rings (SSSR count). The zero-order valence-electron chi connectivity index (χ0n) is 9.83. The van der Waals surface area contributed by atoms with Gasteiger partial charge in [-0.05, 0) is 39.7 Å². The first-order chi connectivity index (χ1) is 7.02. The number of nitrogens with one attached hydrogen (secondary N) is 1. The quantitative estimate of drug-likeness (QED) is 0.804. The summed E-state index contributed by atoms with van der Waals surface area (Å²) in [5.41, 5.74) is 0. The molecule has 4 heteroatoms. The Balaban J connectivity index is 2.35. The van der Waals surface area contributed by atoms with Gasteiger partial charge in [0.1, 0.15) is 0 Å². The summed E-state index contributed by atoms with van der Waals surface area (Å²) in [6, 6.07) is 0.418. The topological polar surface area (TPSA) is 46.2 Å². The molecular formula is C11H23NO2S. The van der Waals surface area contributed by atoms with Crippen LogP contribution in [-0.2, 0) is 9.84 Å². The SMILES string of the molecule is CC(C)S(=O)(=O)CCC1CCCCCN1. The highest BCUT2D eigenvalue weighted by atomic mass is 32.2. The lowest BCUT2D eigenvalue weighted by Gasteiger charge is -2.16. The number of rotatable bonds is 4. The van der Waals surface area contributed by atoms with Crippen LogP contribution in [0.2, 0.25) is 0 Å². The second-order valence-electron chi connectivity index (χ2n) is 4.70. The van der Waals surface area contributed by atoms with Crippen LogP contribution in [0.15, 0.2) is 0 Å². The third-order valence-corrected chi connectivity index (χ3v) is 5.37. The average molecular weight is 233 g/mol. The van der Waals surface area contributed by atoms with Crippen LogP contribution in [0.4, 0.5) is 0 Å². The third-order valence-electron chi connectivity index (χ3n) is 3.13. The molecule has 1 aliphatic rings. The Kier molecular flexibility index (Phi) is 5.06. The molecule has 15 heavy (non-hydrogen) atoms. The molecule has 0 aliphatic carbocycles. The van der Waals surface area contributed by atoms with Crippen LogP contribution in [0.5, 0.6) is 0 Å². The summed E-state index contributed by atoms with van der Waals surface area (Å²) >= 11 is 0. The molecule has 3 nitrogen and oxygen atoms in total. The van der Waals surface area contributed by atoms with Crippen LogP contribution in [0.3, 0.4) is 0 Å². The Morgan fingerprint density at radius 1 is 1.27 bits per heavy atom. The largest absolute Gasteiger partial charge is 0.314 e. The fourth-order valence-electron chi connectivity index (χ4n) is 1.89. The maximum atomic E-state index is 11.6. The van der Waals surface area contributed by atoms with Crippen LogP contribution in [0.1, 0.15) is 46.0 Å². The van der Waals surface area contributed by atoms with Crippen molar-refractivity contribution >= 4 is 9.84 Å². The Labute approximate surface area is 93.6 Å². The van der Waals surface area contributed by atoms with E-state index in [1.54, 1.807) is 13.8 Å². The molecule has 1 heterocycles. The van der Waals surface area contributed by atoms with Crippen molar-refractivity contribution in [2.45, 2.75) is 57.2 Å². The van der Waals surface area contributed by atoms with Crippen LogP contribution < -0.4 is 5.32 Å². The molecule has 0 bridgehead atoms. The van der Waals surface area contributed by atoms with Gasteiger partial charge >= 0.3 is 0 Å². The molecule has 1 atom stereocenters. The fourth-order valence-corrected chi connectivity index (χ4v) is 2.97. The van der Waals surface area contributed by atoms with Gasteiger partial charge in [-0.3, -0.25) is 0 Å². The van der Waals surface area contributed by atoms with E-state index in [0.29, 0.717) is 11.8 Å². The molecule has 1 fully saturated rings. The highest BCUT2D eigenvalue weighted by molar-refractivity contribution is 7.91. The summed E-state index contributed by atoms with van der Waals surface area (Å²) in [5.74, 6) is 0.336. The van der Waals surface area contributed by atoms with Gasteiger partial charge in [0.2, 0.25) is 0 Å². The van der Waals surface area contributed by atoms with Gasteiger partial charge < -0.3 is 5.32 Å². The lowest BCUT2D eigenvalue weighted by atomic mass is 10.1. The lowest BCUT2D eigenvalue weighted by molar-refractivity contribution is 0.491. The number of sulfone groups is 1. The van der Waals surface area contributed by atoms with E-state index < -0.39 is 9.84 Å². The van der Waals surface area contributed by atoms with Gasteiger partial charge in [0.05, 0.1) is 11.0 Å². The minimum atomic E-state index is -2.85. The maximum absolute atomic E-state index is 11.6. The molecular weight excluding hydrogens is 210 g/mol. The fraction of sp³-hybridized carbons (Fsp3) is 1.00. The summed E-state index contributed by atoms with van der Waals surface area (Å²) in [6.45, 7) is 4.57. The Morgan fingerprint density at radius 3 is 2.67 bits per heavy atom. The molecule has 1 N–H and O–H groups in total. The zero-order valence-corrected chi connectivity index (χ0v) is 10.6. The number of hydrogen-bond donors (Lipinski definition) is 1. The van der Waals surface area contributed by atoms with Crippen molar-refractivity contribution in [2.75, 3.05) is 12.3 Å². The normalized spacial score (nSPS) is 24.1. The van der Waals surface area contributed by atoms with E-state index in [-0.39, 0.29) is 5.25 Å². The Morgan fingerprint density at radius 2 is 2.00 bits per heavy atom. The molecule has 0 aromatic heterocycles. The lowest BCUT2D eigenvalue weighted by Crippen LogP contribution is -2.31. The summed E-state index contributed by atoms with van der Waals surface area (Å²) in [7, 11) is -2.85. The molecule has 0 radical (unpaired) electrons. The second-order valence-corrected chi connectivity index (χ2v) is 7.38. The standard InChI is InChI=1S/C11H23NO2S/c1-10(2)15(13,14)9-7-11-6-4-3-5-8-12-11/h10-12H,3-9H2,1-2H3. The average Bonchev–Trinajstić information content (AvgIpc) is 2.42.